The third kappa shape index (κ3) is 3.82. The Balaban J connectivity index is 1.92. The van der Waals surface area contributed by atoms with Crippen LogP contribution in [0.15, 0.2) is 35.3 Å². The van der Waals surface area contributed by atoms with E-state index in [4.69, 9.17) is 16.3 Å². The molecule has 0 radical (unpaired) electrons. The number of aliphatic imine (C=N–C) groups is 1. The molecular formula is C20H21ClFN3O2. The Bertz CT molecular complexity index is 874. The maximum Gasteiger partial charge on any atom is 0.214 e. The number of hydrogen-bond acceptors (Lipinski definition) is 4. The van der Waals surface area contributed by atoms with Gasteiger partial charge < -0.3 is 15.0 Å². The molecule has 1 amide bonds. The van der Waals surface area contributed by atoms with Gasteiger partial charge in [-0.2, -0.15) is 0 Å². The summed E-state index contributed by atoms with van der Waals surface area (Å²) in [5, 5.41) is 4.11. The van der Waals surface area contributed by atoms with Gasteiger partial charge in [-0.15, -0.1) is 0 Å². The molecule has 0 bridgehead atoms. The van der Waals surface area contributed by atoms with Crippen molar-refractivity contribution in [3.05, 3.63) is 57.9 Å². The second kappa shape index (κ2) is 7.66. The zero-order valence-electron chi connectivity index (χ0n) is 15.4. The van der Waals surface area contributed by atoms with Crippen LogP contribution in [0.4, 0.5) is 15.8 Å². The van der Waals surface area contributed by atoms with Gasteiger partial charge in [-0.1, -0.05) is 23.7 Å². The average Bonchev–Trinajstić information content (AvgIpc) is 2.60. The molecule has 0 aliphatic carbocycles. The Morgan fingerprint density at radius 3 is 2.67 bits per heavy atom. The Kier molecular flexibility index (Phi) is 5.48. The topological polar surface area (TPSA) is 53.9 Å². The van der Waals surface area contributed by atoms with Crippen molar-refractivity contribution in [1.29, 1.82) is 0 Å². The molecule has 1 aliphatic rings. The summed E-state index contributed by atoms with van der Waals surface area (Å²) in [5.41, 5.74) is 3.06. The third-order valence-corrected chi connectivity index (χ3v) is 5.06. The van der Waals surface area contributed by atoms with Gasteiger partial charge in [0.05, 0.1) is 19.6 Å². The lowest BCUT2D eigenvalue weighted by atomic mass is 9.84. The summed E-state index contributed by atoms with van der Waals surface area (Å²) in [7, 11) is 1.54. The van der Waals surface area contributed by atoms with Gasteiger partial charge in [-0.05, 0) is 48.7 Å². The highest BCUT2D eigenvalue weighted by Crippen LogP contribution is 2.38. The van der Waals surface area contributed by atoms with E-state index in [1.54, 1.807) is 6.92 Å². The summed E-state index contributed by atoms with van der Waals surface area (Å²) in [6, 6.07) is 8.99. The van der Waals surface area contributed by atoms with Crippen molar-refractivity contribution in [2.45, 2.75) is 19.4 Å². The van der Waals surface area contributed by atoms with Crippen LogP contribution in [-0.4, -0.2) is 37.9 Å². The molecule has 1 heterocycles. The maximum absolute atomic E-state index is 14.6. The van der Waals surface area contributed by atoms with E-state index in [1.165, 1.54) is 24.4 Å². The van der Waals surface area contributed by atoms with Gasteiger partial charge in [-0.3, -0.25) is 4.79 Å². The lowest BCUT2D eigenvalue weighted by molar-refractivity contribution is -0.113. The summed E-state index contributed by atoms with van der Waals surface area (Å²) < 4.78 is 20.1. The fraction of sp³-hybridized carbons (Fsp3) is 0.300. The van der Waals surface area contributed by atoms with Crippen molar-refractivity contribution in [3.8, 4) is 0 Å². The SMILES string of the molecule is Cc1cc(NC2(c3cccc(Cl)c3C)COC2)cc(F)c1N=CN(C)C=O. The zero-order valence-corrected chi connectivity index (χ0v) is 16.2. The van der Waals surface area contributed by atoms with Crippen molar-refractivity contribution in [2.75, 3.05) is 25.6 Å². The average molecular weight is 390 g/mol. The van der Waals surface area contributed by atoms with E-state index in [0.29, 0.717) is 35.9 Å². The van der Waals surface area contributed by atoms with Crippen molar-refractivity contribution in [3.63, 3.8) is 0 Å². The summed E-state index contributed by atoms with van der Waals surface area (Å²) in [6.07, 6.45) is 1.88. The number of hydrogen-bond donors (Lipinski definition) is 1. The lowest BCUT2D eigenvalue weighted by Crippen LogP contribution is -2.53. The number of nitrogens with zero attached hydrogens (tertiary/aromatic N) is 2. The molecule has 5 nitrogen and oxygen atoms in total. The van der Waals surface area contributed by atoms with Crippen LogP contribution in [0.2, 0.25) is 5.02 Å². The number of benzene rings is 2. The van der Waals surface area contributed by atoms with E-state index in [1.807, 2.05) is 31.2 Å². The molecule has 7 heteroatoms. The van der Waals surface area contributed by atoms with Crippen LogP contribution in [0.5, 0.6) is 0 Å². The number of nitrogens with one attached hydrogen (secondary N) is 1. The highest BCUT2D eigenvalue weighted by Gasteiger charge is 2.41. The Labute approximate surface area is 162 Å². The molecule has 0 atom stereocenters. The van der Waals surface area contributed by atoms with E-state index in [0.717, 1.165) is 11.1 Å². The van der Waals surface area contributed by atoms with E-state index in [2.05, 4.69) is 10.3 Å². The van der Waals surface area contributed by atoms with Crippen molar-refractivity contribution in [2.24, 2.45) is 4.99 Å². The minimum atomic E-state index is -0.466. The number of aryl methyl sites for hydroxylation is 1. The van der Waals surface area contributed by atoms with Crippen LogP contribution in [0, 0.1) is 19.7 Å². The molecule has 1 saturated heterocycles. The maximum atomic E-state index is 14.6. The van der Waals surface area contributed by atoms with E-state index >= 15 is 0 Å². The van der Waals surface area contributed by atoms with Gasteiger partial charge in [0.2, 0.25) is 6.41 Å². The monoisotopic (exact) mass is 389 g/mol. The third-order valence-electron chi connectivity index (χ3n) is 4.65. The molecule has 2 aromatic rings. The largest absolute Gasteiger partial charge is 0.376 e. The molecule has 0 unspecified atom stereocenters. The predicted octanol–water partition coefficient (Wildman–Crippen LogP) is 4.18. The van der Waals surface area contributed by atoms with Crippen LogP contribution in [0.1, 0.15) is 16.7 Å². The first kappa shape index (κ1) is 19.3. The minimum absolute atomic E-state index is 0.201. The predicted molar refractivity (Wildman–Crippen MR) is 105 cm³/mol. The summed E-state index contributed by atoms with van der Waals surface area (Å²) in [4.78, 5) is 15.9. The van der Waals surface area contributed by atoms with Crippen LogP contribution >= 0.6 is 11.6 Å². The number of amides is 1. The van der Waals surface area contributed by atoms with Gasteiger partial charge in [0, 0.05) is 17.8 Å². The molecular weight excluding hydrogens is 369 g/mol. The minimum Gasteiger partial charge on any atom is -0.376 e. The Morgan fingerprint density at radius 1 is 1.33 bits per heavy atom. The Morgan fingerprint density at radius 2 is 2.07 bits per heavy atom. The van der Waals surface area contributed by atoms with Crippen LogP contribution in [0.3, 0.4) is 0 Å². The van der Waals surface area contributed by atoms with E-state index in [-0.39, 0.29) is 5.69 Å². The summed E-state index contributed by atoms with van der Waals surface area (Å²) in [5.74, 6) is -0.466. The molecule has 0 aromatic heterocycles. The van der Waals surface area contributed by atoms with Gasteiger partial charge in [0.15, 0.2) is 5.82 Å². The summed E-state index contributed by atoms with van der Waals surface area (Å²) in [6.45, 7) is 4.68. The van der Waals surface area contributed by atoms with Crippen molar-refractivity contribution in [1.82, 2.24) is 4.90 Å². The number of carbonyl (C=O) groups is 1. The molecule has 0 spiro atoms. The number of ether oxygens (including phenoxy) is 1. The number of halogens is 2. The Hall–Kier alpha value is -2.44. The molecule has 3 rings (SSSR count). The number of rotatable bonds is 6. The molecule has 1 aliphatic heterocycles. The van der Waals surface area contributed by atoms with Crippen LogP contribution < -0.4 is 5.32 Å². The molecule has 2 aromatic carbocycles. The van der Waals surface area contributed by atoms with E-state index in [9.17, 15) is 9.18 Å². The fourth-order valence-corrected chi connectivity index (χ4v) is 3.33. The lowest BCUT2D eigenvalue weighted by Gasteiger charge is -2.44. The van der Waals surface area contributed by atoms with Gasteiger partial charge >= 0.3 is 0 Å². The quantitative estimate of drug-likeness (QED) is 0.458. The smallest absolute Gasteiger partial charge is 0.214 e. The highest BCUT2D eigenvalue weighted by atomic mass is 35.5. The van der Waals surface area contributed by atoms with Crippen LogP contribution in [0.25, 0.3) is 0 Å². The molecule has 142 valence electrons. The second-order valence-corrected chi connectivity index (χ2v) is 7.16. The summed E-state index contributed by atoms with van der Waals surface area (Å²) >= 11 is 6.27. The van der Waals surface area contributed by atoms with Crippen molar-refractivity contribution >= 4 is 35.7 Å². The number of carbonyl (C=O) groups excluding carboxylic acids is 1. The number of anilines is 1. The van der Waals surface area contributed by atoms with E-state index < -0.39 is 11.4 Å². The molecule has 1 fully saturated rings. The molecule has 27 heavy (non-hydrogen) atoms. The van der Waals surface area contributed by atoms with Crippen molar-refractivity contribution < 1.29 is 13.9 Å². The normalized spacial score (nSPS) is 15.4. The van der Waals surface area contributed by atoms with Crippen LogP contribution in [-0.2, 0) is 15.1 Å². The second-order valence-electron chi connectivity index (χ2n) is 6.75. The fourth-order valence-electron chi connectivity index (χ4n) is 3.15. The standard InChI is InChI=1S/C20H21ClFN3O2/c1-13-7-15(8-18(22)19(13)23-11-25(3)12-26)24-20(9-27-10-20)16-5-4-6-17(21)14(16)2/h4-8,11-12,24H,9-10H2,1-3H3. The first-order valence-corrected chi connectivity index (χ1v) is 8.87. The van der Waals surface area contributed by atoms with Gasteiger partial charge in [0.25, 0.3) is 0 Å². The van der Waals surface area contributed by atoms with Gasteiger partial charge in [-0.25, -0.2) is 9.38 Å². The first-order valence-electron chi connectivity index (χ1n) is 8.49. The first-order chi connectivity index (χ1) is 12.9. The van der Waals surface area contributed by atoms with Gasteiger partial charge in [0.1, 0.15) is 11.2 Å². The highest BCUT2D eigenvalue weighted by molar-refractivity contribution is 6.31. The molecule has 1 N–H and O–H groups in total. The zero-order chi connectivity index (χ0) is 19.6. The molecule has 0 saturated carbocycles.